The molecule has 2 aliphatic rings. The van der Waals surface area contributed by atoms with Gasteiger partial charge in [-0.1, -0.05) is 129 Å². The number of carbonyl (C=O) groups excluding carboxylic acids is 10. The number of hydrogen-bond donors (Lipinski definition) is 12. The molecule has 14 N–H and O–H groups in total. The summed E-state index contributed by atoms with van der Waals surface area (Å²) in [5, 5.41) is 34.6. The van der Waals surface area contributed by atoms with E-state index in [1.807, 2.05) is 57.2 Å². The number of aromatic nitrogens is 3. The number of nitrogens with zero attached hydrogens (tertiary/aromatic N) is 6. The number of methoxy groups -OCH3 is 2. The molecule has 12 atom stereocenters. The van der Waals surface area contributed by atoms with Crippen LogP contribution in [0.3, 0.4) is 0 Å². The number of imidazole rings is 1. The van der Waals surface area contributed by atoms with E-state index in [4.69, 9.17) is 66.2 Å². The molecule has 0 radical (unpaired) electrons. The van der Waals surface area contributed by atoms with Gasteiger partial charge in [-0.25, -0.2) is 23.9 Å². The van der Waals surface area contributed by atoms with Crippen LogP contribution in [0, 0.1) is 42.3 Å². The van der Waals surface area contributed by atoms with Crippen LogP contribution < -0.4 is 58.9 Å². The summed E-state index contributed by atoms with van der Waals surface area (Å²) >= 11 is 6.39. The number of carbonyl (C=O) groups is 10. The van der Waals surface area contributed by atoms with Crippen molar-refractivity contribution in [3.63, 3.8) is 0 Å². The van der Waals surface area contributed by atoms with Gasteiger partial charge < -0.3 is 112 Å². The van der Waals surface area contributed by atoms with Crippen molar-refractivity contribution in [3.8, 4) is 22.5 Å². The minimum atomic E-state index is -1.15. The highest BCUT2D eigenvalue weighted by molar-refractivity contribution is 6.31. The summed E-state index contributed by atoms with van der Waals surface area (Å²) in [6.07, 6.45) is 2.11. The Labute approximate surface area is 785 Å². The minimum absolute atomic E-state index is 0.0204. The number of nitrogens with two attached hydrogens (primary N) is 2. The van der Waals surface area contributed by atoms with Crippen molar-refractivity contribution in [2.24, 2.45) is 41.1 Å². The van der Waals surface area contributed by atoms with E-state index in [-0.39, 0.29) is 140 Å². The zero-order valence-electron chi connectivity index (χ0n) is 79.6. The van der Waals surface area contributed by atoms with Crippen LogP contribution in [0.15, 0.2) is 97.2 Å². The summed E-state index contributed by atoms with van der Waals surface area (Å²) in [6.45, 7) is 23.7. The zero-order chi connectivity index (χ0) is 97.1. The topological polar surface area (TPSA) is 458 Å². The molecular formula is C96H141ClFN17O18. The molecule has 2 aliphatic heterocycles. The van der Waals surface area contributed by atoms with Gasteiger partial charge in [-0.15, -0.1) is 0 Å². The molecule has 0 bridgehead atoms. The number of primary amides is 1. The molecule has 6 aromatic rings. The minimum Gasteiger partial charge on any atom is -0.445 e. The Bertz CT molecular complexity index is 4740. The number of amides is 11. The number of H-pyrrole nitrogens is 1. The monoisotopic (exact) mass is 1870 g/mol. The van der Waals surface area contributed by atoms with E-state index in [0.29, 0.717) is 95.6 Å². The Hall–Kier alpha value is -10.7. The molecule has 0 saturated carbocycles. The standard InChI is InChI=1S/C96H141ClFN17O18/c1-16-61(9)84(76(127-14)54-79(118)115-39-21-25-75(115)87(128-15)62(10)90(120)105-63(11)86(119)65-22-18-17-19-23-65)112(12)94(124)82(58(4)5)111-93(123)83(59(6)7)113(13)96(126)133-56-64-26-29-70(30-27-64)106-91(121)73(24-20-36-103-95(100)125)109-92(122)81(57(2)3)110-78(117)35-43-130-45-47-132-49-48-131-46-44-129-42-34-77(116)101-37-38-102-88-80(89-107-72-31-28-67(97)53-74(72)108-89)85(114-40-32-69(99)33-41-114)71(55-104-88)66-50-60(8)51-68(98)52-66/h17-19,22-23,26-31,50-53,55,57-59,61-63,69,73,75-76,81-84,86-87,119H,16,20-21,24-25,32-49,54,56,99H2,1-15H3,(H,101,116)(H,102,104)(H,105,120)(H,106,121)(H,107,108)(H,109,122)(H,110,117)(H,111,123)(H3,100,103,125)/t61-,62+,63+,73+,75-,76+,81+,82?,83-,84-,86+,87+/m1/s1. The van der Waals surface area contributed by atoms with Crippen molar-refractivity contribution in [1.82, 2.24) is 61.6 Å². The van der Waals surface area contributed by atoms with Gasteiger partial charge in [0.1, 0.15) is 48.2 Å². The van der Waals surface area contributed by atoms with E-state index in [0.717, 1.165) is 35.2 Å². The molecule has 0 aliphatic carbocycles. The number of likely N-dealkylation sites (N-methyl/N-ethyl adjacent to an activating group) is 2. The molecule has 11 amide bonds. The SMILES string of the molecule is CC[C@@H](C)[C@H]([C@H](CC(=O)N1CCC[C@@H]1[C@@H](OC)[C@H](C)C(=O)N[C@@H](C)[C@H](O)c1ccccc1)OC)N(C)C(=O)C(NC(=O)[C@@H](C(C)C)N(C)C(=O)OCc1ccc(NC(=O)[C@H](CCCNC(N)=O)NC(=O)[C@@H](NC(=O)CCOCCOCCOCCOCCC(=O)NCCNc2ncc(-c3cc(C)cc(F)c3)c(N3CCC(N)CC3)c2-c2nc3ccc(Cl)cc3[nH]2)C(C)C)cc1)C(C)C. The number of aliphatic hydroxyl groups excluding tert-OH is 1. The molecule has 8 rings (SSSR count). The van der Waals surface area contributed by atoms with E-state index < -0.39 is 126 Å². The number of aliphatic hydroxyl groups is 1. The second kappa shape index (κ2) is 54.0. The first-order valence-electron chi connectivity index (χ1n) is 46.2. The highest BCUT2D eigenvalue weighted by Gasteiger charge is 2.45. The van der Waals surface area contributed by atoms with Crippen LogP contribution in [0.4, 0.5) is 31.2 Å². The van der Waals surface area contributed by atoms with E-state index in [1.165, 1.54) is 38.3 Å². The third-order valence-corrected chi connectivity index (χ3v) is 24.5. The molecule has 1 unspecified atom stereocenters. The number of likely N-dealkylation sites (tertiary alicyclic amines) is 1. The lowest BCUT2D eigenvalue weighted by molar-refractivity contribution is -0.148. The molecule has 732 valence electrons. The third-order valence-electron chi connectivity index (χ3n) is 24.3. The summed E-state index contributed by atoms with van der Waals surface area (Å²) in [6, 6.07) is 19.0. The number of halogens is 2. The number of rotatable bonds is 54. The summed E-state index contributed by atoms with van der Waals surface area (Å²) < 4.78 is 55.4. The molecule has 2 fully saturated rings. The molecule has 2 aromatic heterocycles. The maximum absolute atomic E-state index is 15.0. The number of pyridine rings is 1. The molecule has 37 heteroatoms. The van der Waals surface area contributed by atoms with E-state index in [1.54, 1.807) is 121 Å². The molecule has 4 heterocycles. The largest absolute Gasteiger partial charge is 0.445 e. The fourth-order valence-corrected chi connectivity index (χ4v) is 16.9. The maximum atomic E-state index is 15.0. The Kier molecular flexibility index (Phi) is 43.7. The summed E-state index contributed by atoms with van der Waals surface area (Å²) in [5.74, 6) is -5.01. The van der Waals surface area contributed by atoms with Crippen molar-refractivity contribution >= 4 is 99.2 Å². The highest BCUT2D eigenvalue weighted by Crippen LogP contribution is 2.44. The van der Waals surface area contributed by atoms with E-state index in [9.17, 15) is 57.4 Å². The normalized spacial score (nSPS) is 16.1. The number of nitrogens with one attached hydrogen (secondary N) is 9. The number of aryl methyl sites for hydroxylation is 1. The van der Waals surface area contributed by atoms with Crippen LogP contribution in [-0.2, 0) is 78.1 Å². The first-order valence-corrected chi connectivity index (χ1v) is 46.6. The smallest absolute Gasteiger partial charge is 0.410 e. The van der Waals surface area contributed by atoms with Gasteiger partial charge in [-0.2, -0.15) is 0 Å². The average molecular weight is 1880 g/mol. The fourth-order valence-electron chi connectivity index (χ4n) is 16.8. The number of benzene rings is 4. The summed E-state index contributed by atoms with van der Waals surface area (Å²) in [4.78, 5) is 157. The van der Waals surface area contributed by atoms with Crippen molar-refractivity contribution in [1.29, 1.82) is 0 Å². The molecule has 35 nitrogen and oxygen atoms in total. The number of fused-ring (bicyclic) bond motifs is 1. The first kappa shape index (κ1) is 108. The second-order valence-electron chi connectivity index (χ2n) is 35.4. The first-order chi connectivity index (χ1) is 63.5. The molecular weight excluding hydrogens is 1730 g/mol. The number of anilines is 3. The Morgan fingerprint density at radius 1 is 0.684 bits per heavy atom. The van der Waals surface area contributed by atoms with Crippen LogP contribution in [0.1, 0.15) is 156 Å². The second-order valence-corrected chi connectivity index (χ2v) is 35.8. The van der Waals surface area contributed by atoms with Gasteiger partial charge in [0.15, 0.2) is 0 Å². The number of hydrogen-bond acceptors (Lipinski definition) is 23. The van der Waals surface area contributed by atoms with Crippen LogP contribution in [0.2, 0.25) is 5.02 Å². The summed E-state index contributed by atoms with van der Waals surface area (Å²) in [5.41, 5.74) is 18.3. The average Bonchev–Trinajstić information content (AvgIpc) is 1.73. The van der Waals surface area contributed by atoms with Crippen molar-refractivity contribution in [3.05, 3.63) is 125 Å². The van der Waals surface area contributed by atoms with Gasteiger partial charge in [-0.3, -0.25) is 43.3 Å². The lowest BCUT2D eigenvalue weighted by Gasteiger charge is -2.41. The molecule has 4 aromatic carbocycles. The van der Waals surface area contributed by atoms with Crippen LogP contribution >= 0.6 is 11.6 Å². The highest BCUT2D eigenvalue weighted by atomic mass is 35.5. The zero-order valence-corrected chi connectivity index (χ0v) is 80.4. The lowest BCUT2D eigenvalue weighted by atomic mass is 9.89. The van der Waals surface area contributed by atoms with Gasteiger partial charge in [0.05, 0.1) is 124 Å². The molecule has 0 spiro atoms. The van der Waals surface area contributed by atoms with Gasteiger partial charge in [0.2, 0.25) is 47.3 Å². The van der Waals surface area contributed by atoms with Crippen molar-refractivity contribution in [2.45, 2.75) is 214 Å². The molecule has 2 saturated heterocycles. The maximum Gasteiger partial charge on any atom is 0.410 e. The Morgan fingerprint density at radius 3 is 1.94 bits per heavy atom. The third kappa shape index (κ3) is 32.3. The fraction of sp³-hybridized carbons (Fsp3) is 0.583. The van der Waals surface area contributed by atoms with Crippen LogP contribution in [-0.4, -0.2) is 275 Å². The molecule has 133 heavy (non-hydrogen) atoms. The van der Waals surface area contributed by atoms with E-state index in [2.05, 4.69) is 52.4 Å². The number of urea groups is 1. The number of ether oxygens (including phenoxy) is 7. The number of piperidine rings is 1. The van der Waals surface area contributed by atoms with Gasteiger partial charge >= 0.3 is 12.1 Å². The van der Waals surface area contributed by atoms with E-state index >= 15 is 0 Å². The van der Waals surface area contributed by atoms with Crippen molar-refractivity contribution < 1.29 is 90.6 Å². The van der Waals surface area contributed by atoms with Gasteiger partial charge in [0, 0.05) is 109 Å². The van der Waals surface area contributed by atoms with Gasteiger partial charge in [-0.05, 0) is 141 Å². The Morgan fingerprint density at radius 2 is 1.33 bits per heavy atom. The predicted octanol–water partition coefficient (Wildman–Crippen LogP) is 9.30. The summed E-state index contributed by atoms with van der Waals surface area (Å²) in [7, 11) is 6.08. The van der Waals surface area contributed by atoms with Crippen LogP contribution in [0.5, 0.6) is 0 Å². The van der Waals surface area contributed by atoms with Crippen molar-refractivity contribution in [2.75, 3.05) is 136 Å². The van der Waals surface area contributed by atoms with Crippen LogP contribution in [0.25, 0.3) is 33.5 Å². The number of aromatic amines is 1. The lowest BCUT2D eigenvalue weighted by Crippen LogP contribution is -2.60. The van der Waals surface area contributed by atoms with Gasteiger partial charge in [0.25, 0.3) is 0 Å². The quantitative estimate of drug-likeness (QED) is 0.0158. The Balaban J connectivity index is 0.726. The predicted molar refractivity (Wildman–Crippen MR) is 507 cm³/mol.